The Morgan fingerprint density at radius 2 is 2.24 bits per heavy atom. The maximum Gasteiger partial charge on any atom is 0.414 e. The van der Waals surface area contributed by atoms with Crippen LogP contribution in [0.2, 0.25) is 0 Å². The summed E-state index contributed by atoms with van der Waals surface area (Å²) in [5, 5.41) is 5.67. The molecule has 0 aromatic heterocycles. The smallest absolute Gasteiger partial charge is 0.414 e. The number of hydrogen-bond acceptors (Lipinski definition) is 5. The van der Waals surface area contributed by atoms with Crippen LogP contribution in [0.5, 0.6) is 0 Å². The van der Waals surface area contributed by atoms with Gasteiger partial charge in [0.15, 0.2) is 0 Å². The van der Waals surface area contributed by atoms with E-state index in [0.717, 1.165) is 11.3 Å². The van der Waals surface area contributed by atoms with Crippen LogP contribution in [0.1, 0.15) is 18.5 Å². The summed E-state index contributed by atoms with van der Waals surface area (Å²) in [4.78, 5) is 25.3. The van der Waals surface area contributed by atoms with Crippen LogP contribution in [0.4, 0.5) is 15.3 Å². The van der Waals surface area contributed by atoms with Crippen LogP contribution in [0.15, 0.2) is 24.3 Å². The molecule has 1 aromatic carbocycles. The summed E-state index contributed by atoms with van der Waals surface area (Å²) in [5.41, 5.74) is 1.67. The molecule has 2 aliphatic rings. The highest BCUT2D eigenvalue weighted by Crippen LogP contribution is 2.23. The van der Waals surface area contributed by atoms with E-state index in [0.29, 0.717) is 39.5 Å². The zero-order chi connectivity index (χ0) is 17.6. The Morgan fingerprint density at radius 3 is 2.96 bits per heavy atom. The SMILES string of the molecule is C[C@H](NC(=O)NC[C@@H]1COCCO1)c1cccc(N2CCOC2=O)c1. The van der Waals surface area contributed by atoms with Gasteiger partial charge in [0.25, 0.3) is 0 Å². The van der Waals surface area contributed by atoms with Gasteiger partial charge >= 0.3 is 12.1 Å². The molecular formula is C17H23N3O5. The van der Waals surface area contributed by atoms with Crippen molar-refractivity contribution in [3.63, 3.8) is 0 Å². The van der Waals surface area contributed by atoms with Gasteiger partial charge in [-0.1, -0.05) is 12.1 Å². The second-order valence-corrected chi connectivity index (χ2v) is 6.00. The third-order valence-electron chi connectivity index (χ3n) is 4.17. The third kappa shape index (κ3) is 4.61. The number of hydrogen-bond donors (Lipinski definition) is 2. The lowest BCUT2D eigenvalue weighted by molar-refractivity contribution is -0.0853. The fourth-order valence-electron chi connectivity index (χ4n) is 2.78. The predicted molar refractivity (Wildman–Crippen MR) is 90.6 cm³/mol. The Balaban J connectivity index is 1.52. The number of rotatable bonds is 5. The first kappa shape index (κ1) is 17.5. The first-order valence-corrected chi connectivity index (χ1v) is 8.41. The van der Waals surface area contributed by atoms with Crippen LogP contribution in [0, 0.1) is 0 Å². The summed E-state index contributed by atoms with van der Waals surface area (Å²) in [6.45, 7) is 4.86. The number of nitrogens with one attached hydrogen (secondary N) is 2. The number of carbonyl (C=O) groups excluding carboxylic acids is 2. The van der Waals surface area contributed by atoms with Gasteiger partial charge in [0.2, 0.25) is 0 Å². The van der Waals surface area contributed by atoms with E-state index in [2.05, 4.69) is 10.6 Å². The van der Waals surface area contributed by atoms with Gasteiger partial charge in [-0.15, -0.1) is 0 Å². The van der Waals surface area contributed by atoms with Crippen molar-refractivity contribution in [3.8, 4) is 0 Å². The van der Waals surface area contributed by atoms with E-state index in [1.54, 1.807) is 4.90 Å². The number of anilines is 1. The largest absolute Gasteiger partial charge is 0.447 e. The second-order valence-electron chi connectivity index (χ2n) is 6.00. The van der Waals surface area contributed by atoms with Gasteiger partial charge in [-0.25, -0.2) is 9.59 Å². The topological polar surface area (TPSA) is 89.1 Å². The van der Waals surface area contributed by atoms with E-state index in [4.69, 9.17) is 14.2 Å². The Kier molecular flexibility index (Phi) is 5.72. The first-order valence-electron chi connectivity index (χ1n) is 8.41. The van der Waals surface area contributed by atoms with Crippen LogP contribution in [0.25, 0.3) is 0 Å². The van der Waals surface area contributed by atoms with Crippen molar-refractivity contribution in [2.75, 3.05) is 44.4 Å². The quantitative estimate of drug-likeness (QED) is 0.839. The normalized spacial score (nSPS) is 21.6. The summed E-state index contributed by atoms with van der Waals surface area (Å²) in [6, 6.07) is 7.03. The molecule has 2 aliphatic heterocycles. The first-order chi connectivity index (χ1) is 12.1. The molecule has 136 valence electrons. The van der Waals surface area contributed by atoms with Crippen LogP contribution in [-0.4, -0.2) is 57.7 Å². The van der Waals surface area contributed by atoms with Crippen molar-refractivity contribution >= 4 is 17.8 Å². The van der Waals surface area contributed by atoms with Crippen LogP contribution < -0.4 is 15.5 Å². The van der Waals surface area contributed by atoms with E-state index in [-0.39, 0.29) is 24.3 Å². The maximum absolute atomic E-state index is 12.1. The lowest BCUT2D eigenvalue weighted by atomic mass is 10.1. The second kappa shape index (κ2) is 8.17. The third-order valence-corrected chi connectivity index (χ3v) is 4.17. The summed E-state index contributed by atoms with van der Waals surface area (Å²) >= 11 is 0. The number of carbonyl (C=O) groups is 2. The molecule has 1 aromatic rings. The van der Waals surface area contributed by atoms with Crippen molar-refractivity contribution in [1.29, 1.82) is 0 Å². The van der Waals surface area contributed by atoms with E-state index < -0.39 is 0 Å². The molecule has 0 radical (unpaired) electrons. The van der Waals surface area contributed by atoms with Crippen molar-refractivity contribution in [2.45, 2.75) is 19.1 Å². The number of urea groups is 1. The van der Waals surface area contributed by atoms with Gasteiger partial charge in [-0.2, -0.15) is 0 Å². The number of ether oxygens (including phenoxy) is 3. The van der Waals surface area contributed by atoms with Gasteiger partial charge in [-0.05, 0) is 24.6 Å². The molecule has 2 fully saturated rings. The van der Waals surface area contributed by atoms with Gasteiger partial charge in [-0.3, -0.25) is 4.90 Å². The average Bonchev–Trinajstić information content (AvgIpc) is 3.07. The van der Waals surface area contributed by atoms with Gasteiger partial charge in [0.05, 0.1) is 38.5 Å². The molecule has 0 bridgehead atoms. The minimum Gasteiger partial charge on any atom is -0.447 e. The molecule has 2 heterocycles. The molecule has 0 unspecified atom stereocenters. The molecular weight excluding hydrogens is 326 g/mol. The summed E-state index contributed by atoms with van der Waals surface area (Å²) in [5.74, 6) is 0. The van der Waals surface area contributed by atoms with Crippen molar-refractivity contribution in [3.05, 3.63) is 29.8 Å². The van der Waals surface area contributed by atoms with Gasteiger partial charge in [0, 0.05) is 12.2 Å². The standard InChI is InChI=1S/C17H23N3O5/c1-12(19-16(21)18-10-15-11-23-7-8-24-15)13-3-2-4-14(9-13)20-5-6-25-17(20)22/h2-4,9,12,15H,5-8,10-11H2,1H3,(H2,18,19,21)/t12-,15+/m0/s1. The molecule has 0 saturated carbocycles. The molecule has 8 nitrogen and oxygen atoms in total. The highest BCUT2D eigenvalue weighted by atomic mass is 16.6. The lowest BCUT2D eigenvalue weighted by Crippen LogP contribution is -2.44. The maximum atomic E-state index is 12.1. The number of benzene rings is 1. The molecule has 2 saturated heterocycles. The Morgan fingerprint density at radius 1 is 1.36 bits per heavy atom. The lowest BCUT2D eigenvalue weighted by Gasteiger charge is -2.24. The van der Waals surface area contributed by atoms with Crippen LogP contribution in [-0.2, 0) is 14.2 Å². The number of cyclic esters (lactones) is 1. The highest BCUT2D eigenvalue weighted by molar-refractivity contribution is 5.89. The van der Waals surface area contributed by atoms with E-state index >= 15 is 0 Å². The fraction of sp³-hybridized carbons (Fsp3) is 0.529. The minimum absolute atomic E-state index is 0.112. The average molecular weight is 349 g/mol. The van der Waals surface area contributed by atoms with Crippen molar-refractivity contribution in [2.24, 2.45) is 0 Å². The molecule has 25 heavy (non-hydrogen) atoms. The zero-order valence-electron chi connectivity index (χ0n) is 14.2. The van der Waals surface area contributed by atoms with Crippen molar-refractivity contribution < 1.29 is 23.8 Å². The molecule has 3 rings (SSSR count). The van der Waals surface area contributed by atoms with Gasteiger partial charge in [0.1, 0.15) is 6.61 Å². The number of amides is 3. The van der Waals surface area contributed by atoms with E-state index in [1.165, 1.54) is 0 Å². The Hall–Kier alpha value is -2.32. The van der Waals surface area contributed by atoms with E-state index in [9.17, 15) is 9.59 Å². The minimum atomic E-state index is -0.342. The Labute approximate surface area is 146 Å². The van der Waals surface area contributed by atoms with Gasteiger partial charge < -0.3 is 24.8 Å². The summed E-state index contributed by atoms with van der Waals surface area (Å²) in [6.07, 6.45) is -0.454. The molecule has 0 aliphatic carbocycles. The monoisotopic (exact) mass is 349 g/mol. The van der Waals surface area contributed by atoms with Crippen LogP contribution in [0.3, 0.4) is 0 Å². The highest BCUT2D eigenvalue weighted by Gasteiger charge is 2.24. The van der Waals surface area contributed by atoms with E-state index in [1.807, 2.05) is 31.2 Å². The summed E-state index contributed by atoms with van der Waals surface area (Å²) < 4.78 is 15.7. The summed E-state index contributed by atoms with van der Waals surface area (Å²) in [7, 11) is 0. The molecule has 0 spiro atoms. The fourth-order valence-corrected chi connectivity index (χ4v) is 2.78. The van der Waals surface area contributed by atoms with Crippen LogP contribution >= 0.6 is 0 Å². The molecule has 3 amide bonds. The van der Waals surface area contributed by atoms with Crippen molar-refractivity contribution in [1.82, 2.24) is 10.6 Å². The predicted octanol–water partition coefficient (Wildman–Crippen LogP) is 1.42. The zero-order valence-corrected chi connectivity index (χ0v) is 14.2. The molecule has 8 heteroatoms. The molecule has 2 N–H and O–H groups in total. The molecule has 2 atom stereocenters. The number of nitrogens with zero attached hydrogens (tertiary/aromatic N) is 1. The Bertz CT molecular complexity index is 618.